The molecular formula is C10H9ClO. The third-order valence-electron chi connectivity index (χ3n) is 1.49. The summed E-state index contributed by atoms with van der Waals surface area (Å²) in [4.78, 5) is 0. The van der Waals surface area contributed by atoms with Gasteiger partial charge in [0.15, 0.2) is 0 Å². The van der Waals surface area contributed by atoms with E-state index in [1.54, 1.807) is 19.1 Å². The molecule has 0 fully saturated rings. The van der Waals surface area contributed by atoms with Gasteiger partial charge >= 0.3 is 0 Å². The topological polar surface area (TPSA) is 20.2 Å². The van der Waals surface area contributed by atoms with Gasteiger partial charge in [0.05, 0.1) is 6.61 Å². The van der Waals surface area contributed by atoms with Crippen LogP contribution in [0, 0.1) is 11.8 Å². The molecule has 0 saturated carbocycles. The molecule has 0 aliphatic heterocycles. The lowest BCUT2D eigenvalue weighted by Crippen LogP contribution is -1.86. The van der Waals surface area contributed by atoms with Gasteiger partial charge in [-0.1, -0.05) is 17.5 Å². The number of hydrogen-bond donors (Lipinski definition) is 1. The molecule has 1 aromatic carbocycles. The van der Waals surface area contributed by atoms with E-state index in [0.717, 1.165) is 11.1 Å². The van der Waals surface area contributed by atoms with E-state index >= 15 is 0 Å². The molecule has 0 radical (unpaired) electrons. The average Bonchev–Trinajstić information content (AvgIpc) is 2.09. The van der Waals surface area contributed by atoms with Crippen LogP contribution in [0.5, 0.6) is 0 Å². The molecular weight excluding hydrogens is 172 g/mol. The van der Waals surface area contributed by atoms with E-state index in [4.69, 9.17) is 16.7 Å². The Labute approximate surface area is 77.0 Å². The molecule has 0 aromatic heterocycles. The van der Waals surface area contributed by atoms with Gasteiger partial charge in [-0.3, -0.25) is 0 Å². The average molecular weight is 181 g/mol. The third kappa shape index (κ3) is 2.01. The number of aliphatic hydroxyl groups is 1. The minimum atomic E-state index is -0.0436. The Hall–Kier alpha value is -0.970. The molecule has 0 atom stereocenters. The predicted molar refractivity (Wildman–Crippen MR) is 49.9 cm³/mol. The van der Waals surface area contributed by atoms with Crippen LogP contribution in [0.1, 0.15) is 18.1 Å². The number of aliphatic hydroxyl groups excluding tert-OH is 1. The van der Waals surface area contributed by atoms with Gasteiger partial charge in [0.2, 0.25) is 0 Å². The Morgan fingerprint density at radius 3 is 2.83 bits per heavy atom. The van der Waals surface area contributed by atoms with Gasteiger partial charge < -0.3 is 5.11 Å². The van der Waals surface area contributed by atoms with Crippen LogP contribution in [0.15, 0.2) is 18.2 Å². The summed E-state index contributed by atoms with van der Waals surface area (Å²) in [6.07, 6.45) is 0. The van der Waals surface area contributed by atoms with E-state index < -0.39 is 0 Å². The molecule has 0 bridgehead atoms. The van der Waals surface area contributed by atoms with Crippen molar-refractivity contribution in [2.24, 2.45) is 0 Å². The summed E-state index contributed by atoms with van der Waals surface area (Å²) in [5.41, 5.74) is 1.60. The highest BCUT2D eigenvalue weighted by Crippen LogP contribution is 2.16. The normalized spacial score (nSPS) is 8.92. The van der Waals surface area contributed by atoms with Crippen LogP contribution in [0.2, 0.25) is 5.02 Å². The number of benzene rings is 1. The molecule has 1 rings (SSSR count). The van der Waals surface area contributed by atoms with E-state index in [1.807, 2.05) is 6.07 Å². The first-order valence-corrected chi connectivity index (χ1v) is 3.97. The summed E-state index contributed by atoms with van der Waals surface area (Å²) in [7, 11) is 0. The molecule has 0 heterocycles. The zero-order chi connectivity index (χ0) is 8.97. The summed E-state index contributed by atoms with van der Waals surface area (Å²) >= 11 is 5.79. The second-order valence-corrected chi connectivity index (χ2v) is 2.75. The summed E-state index contributed by atoms with van der Waals surface area (Å²) in [6.45, 7) is 1.73. The van der Waals surface area contributed by atoms with E-state index in [0.29, 0.717) is 5.02 Å². The smallest absolute Gasteiger partial charge is 0.0696 e. The molecule has 1 aromatic rings. The third-order valence-corrected chi connectivity index (χ3v) is 1.85. The molecule has 62 valence electrons. The Kier molecular flexibility index (Phi) is 3.16. The zero-order valence-corrected chi connectivity index (χ0v) is 7.52. The quantitative estimate of drug-likeness (QED) is 0.657. The molecule has 0 amide bonds. The molecule has 0 aliphatic rings. The number of hydrogen-bond acceptors (Lipinski definition) is 1. The van der Waals surface area contributed by atoms with Crippen molar-refractivity contribution in [1.29, 1.82) is 0 Å². The van der Waals surface area contributed by atoms with Crippen LogP contribution in [0.25, 0.3) is 0 Å². The second-order valence-electron chi connectivity index (χ2n) is 2.34. The number of rotatable bonds is 1. The predicted octanol–water partition coefficient (Wildman–Crippen LogP) is 2.20. The van der Waals surface area contributed by atoms with Gasteiger partial charge in [-0.2, -0.15) is 0 Å². The molecule has 1 N–H and O–H groups in total. The van der Waals surface area contributed by atoms with Crippen molar-refractivity contribution in [3.63, 3.8) is 0 Å². The first-order valence-electron chi connectivity index (χ1n) is 3.60. The largest absolute Gasteiger partial charge is 0.392 e. The molecule has 0 unspecified atom stereocenters. The van der Waals surface area contributed by atoms with Crippen LogP contribution >= 0.6 is 11.6 Å². The SMILES string of the molecule is CC#Cc1ccc(Cl)c(CO)c1. The van der Waals surface area contributed by atoms with Gasteiger partial charge in [-0.25, -0.2) is 0 Å². The fourth-order valence-corrected chi connectivity index (χ4v) is 1.10. The van der Waals surface area contributed by atoms with Crippen LogP contribution in [-0.2, 0) is 6.61 Å². The van der Waals surface area contributed by atoms with Crippen molar-refractivity contribution in [2.75, 3.05) is 0 Å². The Balaban J connectivity index is 3.10. The highest BCUT2D eigenvalue weighted by molar-refractivity contribution is 6.31. The van der Waals surface area contributed by atoms with Gasteiger partial charge in [0.1, 0.15) is 0 Å². The van der Waals surface area contributed by atoms with E-state index in [1.165, 1.54) is 0 Å². The first kappa shape index (κ1) is 9.12. The molecule has 0 spiro atoms. The fraction of sp³-hybridized carbons (Fsp3) is 0.200. The summed E-state index contributed by atoms with van der Waals surface area (Å²) in [6, 6.07) is 5.36. The van der Waals surface area contributed by atoms with Gasteiger partial charge in [-0.15, -0.1) is 5.92 Å². The maximum atomic E-state index is 8.88. The monoisotopic (exact) mass is 180 g/mol. The Morgan fingerprint density at radius 1 is 1.50 bits per heavy atom. The summed E-state index contributed by atoms with van der Waals surface area (Å²) in [5.74, 6) is 5.67. The minimum Gasteiger partial charge on any atom is -0.392 e. The van der Waals surface area contributed by atoms with Crippen LogP contribution in [-0.4, -0.2) is 5.11 Å². The number of halogens is 1. The van der Waals surface area contributed by atoms with E-state index in [2.05, 4.69) is 11.8 Å². The molecule has 1 nitrogen and oxygen atoms in total. The van der Waals surface area contributed by atoms with Crippen molar-refractivity contribution in [2.45, 2.75) is 13.5 Å². The minimum absolute atomic E-state index is 0.0436. The van der Waals surface area contributed by atoms with Crippen molar-refractivity contribution in [3.8, 4) is 11.8 Å². The van der Waals surface area contributed by atoms with Crippen molar-refractivity contribution in [3.05, 3.63) is 34.3 Å². The van der Waals surface area contributed by atoms with Gasteiger partial charge in [0.25, 0.3) is 0 Å². The van der Waals surface area contributed by atoms with Crippen molar-refractivity contribution >= 4 is 11.6 Å². The maximum Gasteiger partial charge on any atom is 0.0696 e. The molecule has 12 heavy (non-hydrogen) atoms. The lowest BCUT2D eigenvalue weighted by molar-refractivity contribution is 0.282. The van der Waals surface area contributed by atoms with Crippen LogP contribution < -0.4 is 0 Å². The maximum absolute atomic E-state index is 8.88. The zero-order valence-electron chi connectivity index (χ0n) is 6.76. The van der Waals surface area contributed by atoms with E-state index in [9.17, 15) is 0 Å². The highest BCUT2D eigenvalue weighted by Gasteiger charge is 1.98. The van der Waals surface area contributed by atoms with Gasteiger partial charge in [0, 0.05) is 10.6 Å². The van der Waals surface area contributed by atoms with Crippen LogP contribution in [0.4, 0.5) is 0 Å². The fourth-order valence-electron chi connectivity index (χ4n) is 0.918. The summed E-state index contributed by atoms with van der Waals surface area (Å²) in [5, 5.41) is 9.46. The van der Waals surface area contributed by atoms with Crippen LogP contribution in [0.3, 0.4) is 0 Å². The highest BCUT2D eigenvalue weighted by atomic mass is 35.5. The first-order chi connectivity index (χ1) is 5.77. The van der Waals surface area contributed by atoms with Gasteiger partial charge in [-0.05, 0) is 30.7 Å². The van der Waals surface area contributed by atoms with E-state index in [-0.39, 0.29) is 6.61 Å². The standard InChI is InChI=1S/C10H9ClO/c1-2-3-8-4-5-10(11)9(6-8)7-12/h4-6,12H,7H2,1H3. The Bertz CT molecular complexity index is 333. The lowest BCUT2D eigenvalue weighted by Gasteiger charge is -1.99. The van der Waals surface area contributed by atoms with Crippen molar-refractivity contribution < 1.29 is 5.11 Å². The molecule has 0 aliphatic carbocycles. The molecule has 2 heteroatoms. The second kappa shape index (κ2) is 4.15. The summed E-state index contributed by atoms with van der Waals surface area (Å²) < 4.78 is 0. The molecule has 0 saturated heterocycles. The van der Waals surface area contributed by atoms with Crippen molar-refractivity contribution in [1.82, 2.24) is 0 Å². The Morgan fingerprint density at radius 2 is 2.25 bits per heavy atom. The lowest BCUT2D eigenvalue weighted by atomic mass is 10.1.